The Morgan fingerprint density at radius 1 is 1.10 bits per heavy atom. The van der Waals surface area contributed by atoms with Gasteiger partial charge in [0.1, 0.15) is 5.41 Å². The number of amides is 1. The summed E-state index contributed by atoms with van der Waals surface area (Å²) < 4.78 is 0. The highest BCUT2D eigenvalue weighted by atomic mass is 16.2. The van der Waals surface area contributed by atoms with Crippen molar-refractivity contribution in [2.45, 2.75) is 38.5 Å². The number of fused-ring (bicyclic) bond motifs is 1. The molecule has 0 radical (unpaired) electrons. The van der Waals surface area contributed by atoms with E-state index in [4.69, 9.17) is 0 Å². The van der Waals surface area contributed by atoms with Crippen LogP contribution in [-0.2, 0) is 17.6 Å². The average Bonchev–Trinajstić information content (AvgIpc) is 3.28. The van der Waals surface area contributed by atoms with Gasteiger partial charge in [-0.1, -0.05) is 24.3 Å². The van der Waals surface area contributed by atoms with E-state index < -0.39 is 5.41 Å². The second kappa shape index (κ2) is 4.34. The Bertz CT molecular complexity index is 604. The Morgan fingerprint density at radius 3 is 2.14 bits per heavy atom. The van der Waals surface area contributed by atoms with E-state index in [1.54, 1.807) is 0 Å². The van der Waals surface area contributed by atoms with Crippen LogP contribution in [0.25, 0.3) is 0 Å². The van der Waals surface area contributed by atoms with E-state index in [9.17, 15) is 10.1 Å². The zero-order valence-corrected chi connectivity index (χ0v) is 12.3. The van der Waals surface area contributed by atoms with Crippen molar-refractivity contribution in [3.05, 3.63) is 35.4 Å². The number of carbonyl (C=O) groups excluding carboxylic acids is 1. The van der Waals surface area contributed by atoms with Gasteiger partial charge in [0.05, 0.1) is 6.07 Å². The van der Waals surface area contributed by atoms with Crippen LogP contribution < -0.4 is 0 Å². The molecule has 0 bridgehead atoms. The Morgan fingerprint density at radius 2 is 1.67 bits per heavy atom. The molecule has 2 fully saturated rings. The molecule has 3 heteroatoms. The molecular formula is C18H20N2O. The molecule has 2 aliphatic carbocycles. The number of hydrogen-bond donors (Lipinski definition) is 0. The lowest BCUT2D eigenvalue weighted by Crippen LogP contribution is -2.52. The zero-order chi connectivity index (χ0) is 14.5. The summed E-state index contributed by atoms with van der Waals surface area (Å²) in [7, 11) is 0. The van der Waals surface area contributed by atoms with Crippen LogP contribution in [0.15, 0.2) is 24.3 Å². The van der Waals surface area contributed by atoms with E-state index in [-0.39, 0.29) is 5.91 Å². The fourth-order valence-electron chi connectivity index (χ4n) is 4.21. The first-order valence-electron chi connectivity index (χ1n) is 7.94. The summed E-state index contributed by atoms with van der Waals surface area (Å²) in [5.74, 6) is 0.0929. The third-order valence-electron chi connectivity index (χ3n) is 5.64. The minimum Gasteiger partial charge on any atom is -0.341 e. The summed E-state index contributed by atoms with van der Waals surface area (Å²) in [6.45, 7) is 1.51. The van der Waals surface area contributed by atoms with Gasteiger partial charge in [-0.15, -0.1) is 0 Å². The largest absolute Gasteiger partial charge is 0.341 e. The van der Waals surface area contributed by atoms with E-state index in [1.807, 2.05) is 4.90 Å². The van der Waals surface area contributed by atoms with Crippen molar-refractivity contribution >= 4 is 5.91 Å². The van der Waals surface area contributed by atoms with Crippen molar-refractivity contribution in [3.63, 3.8) is 0 Å². The molecule has 3 aliphatic rings. The second-order valence-electron chi connectivity index (χ2n) is 7.11. The predicted octanol–water partition coefficient (Wildman–Crippen LogP) is 2.70. The van der Waals surface area contributed by atoms with Crippen molar-refractivity contribution in [1.82, 2.24) is 4.90 Å². The third kappa shape index (κ3) is 1.97. The monoisotopic (exact) mass is 280 g/mol. The third-order valence-corrected chi connectivity index (χ3v) is 5.64. The molecule has 1 aliphatic heterocycles. The first-order valence-corrected chi connectivity index (χ1v) is 7.94. The van der Waals surface area contributed by atoms with Crippen molar-refractivity contribution < 1.29 is 4.79 Å². The van der Waals surface area contributed by atoms with Crippen LogP contribution in [0.5, 0.6) is 0 Å². The van der Waals surface area contributed by atoms with Gasteiger partial charge in [0, 0.05) is 13.1 Å². The minimum absolute atomic E-state index is 0.0929. The van der Waals surface area contributed by atoms with Crippen LogP contribution in [0.2, 0.25) is 0 Å². The number of benzene rings is 1. The Balaban J connectivity index is 1.50. The molecule has 4 rings (SSSR count). The number of rotatable bonds is 1. The van der Waals surface area contributed by atoms with Crippen LogP contribution in [0.4, 0.5) is 0 Å². The van der Waals surface area contributed by atoms with Crippen LogP contribution >= 0.6 is 0 Å². The molecule has 1 heterocycles. The molecular weight excluding hydrogens is 260 g/mol. The summed E-state index contributed by atoms with van der Waals surface area (Å²) in [6, 6.07) is 10.8. The average molecular weight is 280 g/mol. The van der Waals surface area contributed by atoms with Gasteiger partial charge in [-0.05, 0) is 55.1 Å². The highest BCUT2D eigenvalue weighted by Gasteiger charge is 2.65. The van der Waals surface area contributed by atoms with Gasteiger partial charge < -0.3 is 4.90 Å². The highest BCUT2D eigenvalue weighted by molar-refractivity contribution is 5.87. The first-order chi connectivity index (χ1) is 10.2. The Hall–Kier alpha value is -1.82. The van der Waals surface area contributed by atoms with Crippen LogP contribution in [0.1, 0.15) is 36.8 Å². The maximum absolute atomic E-state index is 12.9. The summed E-state index contributed by atoms with van der Waals surface area (Å²) in [4.78, 5) is 14.8. The molecule has 108 valence electrons. The van der Waals surface area contributed by atoms with Crippen molar-refractivity contribution in [2.24, 2.45) is 10.8 Å². The van der Waals surface area contributed by atoms with E-state index in [0.717, 1.165) is 38.8 Å². The van der Waals surface area contributed by atoms with Crippen LogP contribution in [0.3, 0.4) is 0 Å². The maximum Gasteiger partial charge on any atom is 0.243 e. The number of hydrogen-bond acceptors (Lipinski definition) is 2. The molecule has 2 saturated carbocycles. The van der Waals surface area contributed by atoms with Gasteiger partial charge in [0.25, 0.3) is 0 Å². The number of nitriles is 1. The van der Waals surface area contributed by atoms with Gasteiger partial charge in [-0.25, -0.2) is 0 Å². The number of nitrogens with zero attached hydrogens (tertiary/aromatic N) is 2. The van der Waals surface area contributed by atoms with E-state index in [0.29, 0.717) is 5.41 Å². The van der Waals surface area contributed by atoms with E-state index >= 15 is 0 Å². The molecule has 0 aromatic heterocycles. The predicted molar refractivity (Wildman–Crippen MR) is 79.4 cm³/mol. The van der Waals surface area contributed by atoms with Gasteiger partial charge in [-0.2, -0.15) is 5.26 Å². The molecule has 0 N–H and O–H groups in total. The van der Waals surface area contributed by atoms with E-state index in [1.165, 1.54) is 24.0 Å². The van der Waals surface area contributed by atoms with Gasteiger partial charge in [-0.3, -0.25) is 4.79 Å². The molecule has 0 saturated heterocycles. The van der Waals surface area contributed by atoms with Gasteiger partial charge in [0.15, 0.2) is 0 Å². The maximum atomic E-state index is 12.9. The second-order valence-corrected chi connectivity index (χ2v) is 7.11. The van der Waals surface area contributed by atoms with Crippen molar-refractivity contribution in [2.75, 3.05) is 13.1 Å². The summed E-state index contributed by atoms with van der Waals surface area (Å²) in [5, 5.41) is 9.54. The normalized spacial score (nSPS) is 24.4. The fourth-order valence-corrected chi connectivity index (χ4v) is 4.21. The molecule has 1 aromatic carbocycles. The number of carbonyl (C=O) groups is 1. The topological polar surface area (TPSA) is 44.1 Å². The molecule has 1 aromatic rings. The van der Waals surface area contributed by atoms with Crippen LogP contribution in [-0.4, -0.2) is 23.9 Å². The lowest BCUT2D eigenvalue weighted by Gasteiger charge is -2.44. The van der Waals surface area contributed by atoms with Crippen molar-refractivity contribution in [3.8, 4) is 6.07 Å². The fraction of sp³-hybridized carbons (Fsp3) is 0.556. The summed E-state index contributed by atoms with van der Waals surface area (Å²) in [6.07, 6.45) is 5.87. The summed E-state index contributed by atoms with van der Waals surface area (Å²) in [5.41, 5.74) is 2.38. The lowest BCUT2D eigenvalue weighted by atomic mass is 9.59. The standard InChI is InChI=1S/C18H20N2O/c19-13-18(11-17(12-18)7-8-17)16(21)20-9-5-14-3-1-2-4-15(14)6-10-20/h1-4H,5-12H2. The molecule has 0 atom stereocenters. The molecule has 21 heavy (non-hydrogen) atoms. The Kier molecular flexibility index (Phi) is 2.66. The highest BCUT2D eigenvalue weighted by Crippen LogP contribution is 2.68. The minimum atomic E-state index is -0.701. The SMILES string of the molecule is N#CC1(C(=O)N2CCc3ccccc3CC2)CC2(CC2)C1. The van der Waals surface area contributed by atoms with Gasteiger partial charge >= 0.3 is 0 Å². The lowest BCUT2D eigenvalue weighted by molar-refractivity contribution is -0.146. The summed E-state index contributed by atoms with van der Waals surface area (Å²) >= 11 is 0. The smallest absolute Gasteiger partial charge is 0.243 e. The van der Waals surface area contributed by atoms with Gasteiger partial charge in [0.2, 0.25) is 5.91 Å². The zero-order valence-electron chi connectivity index (χ0n) is 12.3. The van der Waals surface area contributed by atoms with Crippen LogP contribution in [0, 0.1) is 22.2 Å². The van der Waals surface area contributed by atoms with Crippen molar-refractivity contribution in [1.29, 1.82) is 5.26 Å². The quantitative estimate of drug-likeness (QED) is 0.794. The molecule has 1 amide bonds. The molecule has 1 spiro atoms. The van der Waals surface area contributed by atoms with E-state index in [2.05, 4.69) is 30.3 Å². The molecule has 3 nitrogen and oxygen atoms in total. The Labute approximate surface area is 125 Å². The molecule has 0 unspecified atom stereocenters. The first kappa shape index (κ1) is 12.9.